The zero-order valence-electron chi connectivity index (χ0n) is 16.7. The van der Waals surface area contributed by atoms with Crippen molar-refractivity contribution in [2.75, 3.05) is 37.7 Å². The molecule has 0 amide bonds. The fourth-order valence-electron chi connectivity index (χ4n) is 3.98. The quantitative estimate of drug-likeness (QED) is 0.672. The van der Waals surface area contributed by atoms with E-state index < -0.39 is 27.3 Å². The van der Waals surface area contributed by atoms with E-state index in [0.717, 1.165) is 5.69 Å². The third-order valence-electron chi connectivity index (χ3n) is 5.54. The summed E-state index contributed by atoms with van der Waals surface area (Å²) in [6.45, 7) is 7.94. The molecule has 1 aromatic carbocycles. The number of rotatable bonds is 6. The standard InChI is InChI=1S/C19H30N4O4S/c1-4-15-17(19(24)27-5-2)18(21-20-15)28(25,26)23-12-10-22(11-13-23)16-9-7-6-8-14(16)3/h6-9,15,17-18,20-21H,4-5,10-13H2,1-3H3. The number of benzene rings is 1. The van der Waals surface area contributed by atoms with Crippen LogP contribution in [-0.2, 0) is 19.6 Å². The lowest BCUT2D eigenvalue weighted by Crippen LogP contribution is -2.55. The fraction of sp³-hybridized carbons (Fsp3) is 0.632. The molecule has 0 aromatic heterocycles. The summed E-state index contributed by atoms with van der Waals surface area (Å²) in [7, 11) is -3.70. The third kappa shape index (κ3) is 4.03. The van der Waals surface area contributed by atoms with Crippen molar-refractivity contribution in [1.82, 2.24) is 15.2 Å². The van der Waals surface area contributed by atoms with E-state index in [-0.39, 0.29) is 12.6 Å². The molecule has 2 aliphatic heterocycles. The first-order valence-corrected chi connectivity index (χ1v) is 11.4. The molecule has 9 heteroatoms. The van der Waals surface area contributed by atoms with Gasteiger partial charge in [0, 0.05) is 37.9 Å². The molecule has 2 saturated heterocycles. The van der Waals surface area contributed by atoms with Crippen molar-refractivity contribution in [3.63, 3.8) is 0 Å². The van der Waals surface area contributed by atoms with Gasteiger partial charge in [-0.05, 0) is 31.9 Å². The Kier molecular flexibility index (Phi) is 6.59. The third-order valence-corrected chi connectivity index (χ3v) is 7.68. The van der Waals surface area contributed by atoms with E-state index >= 15 is 0 Å². The van der Waals surface area contributed by atoms with Crippen LogP contribution in [0.15, 0.2) is 24.3 Å². The largest absolute Gasteiger partial charge is 0.466 e. The molecule has 0 saturated carbocycles. The predicted molar refractivity (Wildman–Crippen MR) is 108 cm³/mol. The number of nitrogens with zero attached hydrogens (tertiary/aromatic N) is 2. The van der Waals surface area contributed by atoms with Crippen LogP contribution >= 0.6 is 0 Å². The molecular formula is C19H30N4O4S. The summed E-state index contributed by atoms with van der Waals surface area (Å²) >= 11 is 0. The van der Waals surface area contributed by atoms with Gasteiger partial charge in [0.1, 0.15) is 5.92 Å². The van der Waals surface area contributed by atoms with E-state index in [4.69, 9.17) is 4.74 Å². The molecule has 1 aromatic rings. The molecule has 0 aliphatic carbocycles. The van der Waals surface area contributed by atoms with Gasteiger partial charge in [0.15, 0.2) is 5.37 Å². The lowest BCUT2D eigenvalue weighted by atomic mass is 10.00. The van der Waals surface area contributed by atoms with Crippen LogP contribution in [-0.4, -0.2) is 62.9 Å². The highest BCUT2D eigenvalue weighted by Gasteiger charge is 2.50. The minimum absolute atomic E-state index is 0.230. The van der Waals surface area contributed by atoms with E-state index in [1.807, 2.05) is 19.1 Å². The zero-order chi connectivity index (χ0) is 20.3. The van der Waals surface area contributed by atoms with E-state index in [1.165, 1.54) is 9.87 Å². The van der Waals surface area contributed by atoms with Crippen LogP contribution in [0.25, 0.3) is 0 Å². The number of carbonyl (C=O) groups excluding carboxylic acids is 1. The second kappa shape index (κ2) is 8.77. The average Bonchev–Trinajstić information content (AvgIpc) is 3.14. The maximum Gasteiger partial charge on any atom is 0.313 e. The first kappa shape index (κ1) is 21.0. The van der Waals surface area contributed by atoms with Gasteiger partial charge in [-0.1, -0.05) is 25.1 Å². The number of esters is 1. The van der Waals surface area contributed by atoms with Gasteiger partial charge in [-0.25, -0.2) is 13.8 Å². The van der Waals surface area contributed by atoms with Crippen molar-refractivity contribution in [1.29, 1.82) is 0 Å². The summed E-state index contributed by atoms with van der Waals surface area (Å²) in [4.78, 5) is 14.6. The summed E-state index contributed by atoms with van der Waals surface area (Å²) in [6, 6.07) is 7.84. The van der Waals surface area contributed by atoms with Gasteiger partial charge in [0.2, 0.25) is 10.0 Å². The maximum atomic E-state index is 13.3. The Labute approximate surface area is 167 Å². The van der Waals surface area contributed by atoms with Gasteiger partial charge in [-0.15, -0.1) is 0 Å². The highest BCUT2D eigenvalue weighted by molar-refractivity contribution is 7.89. The van der Waals surface area contributed by atoms with Crippen molar-refractivity contribution in [2.24, 2.45) is 5.92 Å². The molecule has 2 heterocycles. The van der Waals surface area contributed by atoms with Crippen molar-refractivity contribution < 1.29 is 17.9 Å². The van der Waals surface area contributed by atoms with E-state index in [1.54, 1.807) is 6.92 Å². The van der Waals surface area contributed by atoms with Crippen molar-refractivity contribution in [2.45, 2.75) is 38.6 Å². The van der Waals surface area contributed by atoms with Gasteiger partial charge in [-0.2, -0.15) is 4.31 Å². The summed E-state index contributed by atoms with van der Waals surface area (Å²) in [5.74, 6) is -1.23. The van der Waals surface area contributed by atoms with E-state index in [9.17, 15) is 13.2 Å². The number of anilines is 1. The highest BCUT2D eigenvalue weighted by Crippen LogP contribution is 2.27. The Morgan fingerprint density at radius 2 is 1.82 bits per heavy atom. The Balaban J connectivity index is 1.73. The SMILES string of the molecule is CCOC(=O)C1C(CC)NNC1S(=O)(=O)N1CCN(c2ccccc2C)CC1. The number of carbonyl (C=O) groups is 1. The van der Waals surface area contributed by atoms with Crippen molar-refractivity contribution in [3.05, 3.63) is 29.8 Å². The number of nitrogens with one attached hydrogen (secondary N) is 2. The number of sulfonamides is 1. The molecular weight excluding hydrogens is 380 g/mol. The summed E-state index contributed by atoms with van der Waals surface area (Å²) < 4.78 is 33.2. The van der Waals surface area contributed by atoms with Crippen molar-refractivity contribution >= 4 is 21.7 Å². The number of hydrogen-bond donors (Lipinski definition) is 2. The maximum absolute atomic E-state index is 13.3. The molecule has 2 aliphatic rings. The van der Waals surface area contributed by atoms with Crippen LogP contribution in [0.4, 0.5) is 5.69 Å². The Bertz CT molecular complexity index is 793. The van der Waals surface area contributed by atoms with Gasteiger partial charge in [-0.3, -0.25) is 10.2 Å². The van der Waals surface area contributed by atoms with E-state index in [2.05, 4.69) is 34.8 Å². The van der Waals surface area contributed by atoms with Crippen LogP contribution < -0.4 is 15.8 Å². The second-order valence-electron chi connectivity index (χ2n) is 7.22. The Morgan fingerprint density at radius 1 is 1.14 bits per heavy atom. The molecule has 3 rings (SSSR count). The van der Waals surface area contributed by atoms with Gasteiger partial charge >= 0.3 is 5.97 Å². The van der Waals surface area contributed by atoms with Crippen LogP contribution in [0.5, 0.6) is 0 Å². The number of hydrazine groups is 1. The molecule has 156 valence electrons. The van der Waals surface area contributed by atoms with Crippen LogP contribution in [0, 0.1) is 12.8 Å². The molecule has 0 radical (unpaired) electrons. The number of piperazine rings is 1. The molecule has 0 bridgehead atoms. The molecule has 3 unspecified atom stereocenters. The summed E-state index contributed by atoms with van der Waals surface area (Å²) in [5, 5.41) is -1.01. The smallest absolute Gasteiger partial charge is 0.313 e. The predicted octanol–water partition coefficient (Wildman–Crippen LogP) is 0.839. The Hall–Kier alpha value is -1.68. The molecule has 2 N–H and O–H groups in total. The normalized spacial score (nSPS) is 26.4. The van der Waals surface area contributed by atoms with Gasteiger partial charge in [0.05, 0.1) is 6.61 Å². The minimum atomic E-state index is -3.70. The molecule has 28 heavy (non-hydrogen) atoms. The lowest BCUT2D eigenvalue weighted by Gasteiger charge is -2.37. The van der Waals surface area contributed by atoms with E-state index in [0.29, 0.717) is 32.6 Å². The molecule has 8 nitrogen and oxygen atoms in total. The summed E-state index contributed by atoms with van der Waals surface area (Å²) in [6.07, 6.45) is 0.629. The Morgan fingerprint density at radius 3 is 2.43 bits per heavy atom. The first-order chi connectivity index (χ1) is 13.4. The zero-order valence-corrected chi connectivity index (χ0v) is 17.5. The number of hydrogen-bond acceptors (Lipinski definition) is 7. The molecule has 0 spiro atoms. The molecule has 2 fully saturated rings. The number of para-hydroxylation sites is 1. The lowest BCUT2D eigenvalue weighted by molar-refractivity contribution is -0.148. The first-order valence-electron chi connectivity index (χ1n) is 9.87. The van der Waals surface area contributed by atoms with Crippen LogP contribution in [0.1, 0.15) is 25.8 Å². The number of ether oxygens (including phenoxy) is 1. The highest BCUT2D eigenvalue weighted by atomic mass is 32.2. The van der Waals surface area contributed by atoms with Crippen LogP contribution in [0.2, 0.25) is 0 Å². The average molecular weight is 411 g/mol. The monoisotopic (exact) mass is 410 g/mol. The minimum Gasteiger partial charge on any atom is -0.466 e. The van der Waals surface area contributed by atoms with Gasteiger partial charge in [0.25, 0.3) is 0 Å². The van der Waals surface area contributed by atoms with Crippen molar-refractivity contribution in [3.8, 4) is 0 Å². The molecule has 3 atom stereocenters. The van der Waals surface area contributed by atoms with Gasteiger partial charge < -0.3 is 9.64 Å². The summed E-state index contributed by atoms with van der Waals surface area (Å²) in [5.41, 5.74) is 8.12. The fourth-order valence-corrected chi connectivity index (χ4v) is 5.87. The van der Waals surface area contributed by atoms with Crippen LogP contribution in [0.3, 0.4) is 0 Å². The second-order valence-corrected chi connectivity index (χ2v) is 9.27. The number of aryl methyl sites for hydroxylation is 1. The topological polar surface area (TPSA) is 91.0 Å².